The average molecular weight is 440 g/mol. The van der Waals surface area contributed by atoms with Gasteiger partial charge in [0.15, 0.2) is 5.65 Å². The highest BCUT2D eigenvalue weighted by Gasteiger charge is 2.26. The lowest BCUT2D eigenvalue weighted by atomic mass is 9.96. The van der Waals surface area contributed by atoms with Crippen molar-refractivity contribution in [2.75, 3.05) is 64.3 Å². The summed E-state index contributed by atoms with van der Waals surface area (Å²) in [6.07, 6.45) is 5.58. The molecule has 0 aliphatic carbocycles. The SMILES string of the molecule is CCc1nc2cc(N3CCC[C@H](C(=O)NCCN4CCN(C)CC4)C3)cnc2nc1CC. The van der Waals surface area contributed by atoms with E-state index in [-0.39, 0.29) is 11.8 Å². The molecule has 2 aromatic rings. The van der Waals surface area contributed by atoms with Crippen molar-refractivity contribution in [2.45, 2.75) is 39.5 Å². The van der Waals surface area contributed by atoms with Gasteiger partial charge < -0.3 is 15.1 Å². The first-order valence-corrected chi connectivity index (χ1v) is 12.2. The Morgan fingerprint density at radius 3 is 2.59 bits per heavy atom. The molecule has 8 heteroatoms. The van der Waals surface area contributed by atoms with Crippen molar-refractivity contribution < 1.29 is 4.79 Å². The van der Waals surface area contributed by atoms with Crippen molar-refractivity contribution in [1.82, 2.24) is 30.1 Å². The lowest BCUT2D eigenvalue weighted by Crippen LogP contribution is -2.48. The minimum absolute atomic E-state index is 0.0201. The lowest BCUT2D eigenvalue weighted by molar-refractivity contribution is -0.125. The molecule has 174 valence electrons. The van der Waals surface area contributed by atoms with Gasteiger partial charge in [-0.15, -0.1) is 0 Å². The van der Waals surface area contributed by atoms with Gasteiger partial charge in [0.1, 0.15) is 5.52 Å². The van der Waals surface area contributed by atoms with Gasteiger partial charge in [0, 0.05) is 52.4 Å². The second kappa shape index (κ2) is 10.5. The van der Waals surface area contributed by atoms with Crippen LogP contribution in [0.3, 0.4) is 0 Å². The Hall–Kier alpha value is -2.32. The first kappa shape index (κ1) is 22.9. The van der Waals surface area contributed by atoms with Crippen LogP contribution < -0.4 is 10.2 Å². The Labute approximate surface area is 191 Å². The molecule has 0 aromatic carbocycles. The first-order valence-electron chi connectivity index (χ1n) is 12.2. The maximum absolute atomic E-state index is 12.8. The number of fused-ring (bicyclic) bond motifs is 1. The van der Waals surface area contributed by atoms with Crippen molar-refractivity contribution in [2.24, 2.45) is 5.92 Å². The van der Waals surface area contributed by atoms with Crippen LogP contribution >= 0.6 is 0 Å². The van der Waals surface area contributed by atoms with Crippen LogP contribution in [-0.4, -0.2) is 90.1 Å². The highest BCUT2D eigenvalue weighted by Crippen LogP contribution is 2.25. The molecule has 32 heavy (non-hydrogen) atoms. The topological polar surface area (TPSA) is 77.5 Å². The van der Waals surface area contributed by atoms with E-state index < -0.39 is 0 Å². The Kier molecular flexibility index (Phi) is 7.52. The third-order valence-corrected chi connectivity index (χ3v) is 6.81. The van der Waals surface area contributed by atoms with Gasteiger partial charge in [-0.3, -0.25) is 9.69 Å². The van der Waals surface area contributed by atoms with Crippen LogP contribution in [0.2, 0.25) is 0 Å². The number of nitrogens with zero attached hydrogens (tertiary/aromatic N) is 6. The molecule has 4 heterocycles. The molecule has 0 radical (unpaired) electrons. The summed E-state index contributed by atoms with van der Waals surface area (Å²) in [6, 6.07) is 2.08. The van der Waals surface area contributed by atoms with Crippen LogP contribution in [-0.2, 0) is 17.6 Å². The number of amides is 1. The normalized spacial score (nSPS) is 20.6. The number of carbonyl (C=O) groups is 1. The number of carbonyl (C=O) groups excluding carboxylic acids is 1. The summed E-state index contributed by atoms with van der Waals surface area (Å²) in [5, 5.41) is 3.18. The summed E-state index contributed by atoms with van der Waals surface area (Å²) < 4.78 is 0. The van der Waals surface area contributed by atoms with E-state index in [9.17, 15) is 4.79 Å². The van der Waals surface area contributed by atoms with E-state index in [4.69, 9.17) is 9.97 Å². The zero-order valence-electron chi connectivity index (χ0n) is 19.8. The number of aryl methyl sites for hydroxylation is 2. The number of nitrogens with one attached hydrogen (secondary N) is 1. The molecular formula is C24H37N7O. The monoisotopic (exact) mass is 439 g/mol. The van der Waals surface area contributed by atoms with Crippen LogP contribution in [0.25, 0.3) is 11.2 Å². The predicted molar refractivity (Wildman–Crippen MR) is 128 cm³/mol. The van der Waals surface area contributed by atoms with Crippen molar-refractivity contribution in [3.63, 3.8) is 0 Å². The molecule has 1 amide bonds. The van der Waals surface area contributed by atoms with Gasteiger partial charge in [0.05, 0.1) is 29.2 Å². The van der Waals surface area contributed by atoms with Gasteiger partial charge in [0.2, 0.25) is 5.91 Å². The summed E-state index contributed by atoms with van der Waals surface area (Å²) in [6.45, 7) is 11.9. The van der Waals surface area contributed by atoms with E-state index in [1.54, 1.807) is 0 Å². The smallest absolute Gasteiger partial charge is 0.224 e. The summed E-state index contributed by atoms with van der Waals surface area (Å²) in [5.41, 5.74) is 4.67. The summed E-state index contributed by atoms with van der Waals surface area (Å²) >= 11 is 0. The Morgan fingerprint density at radius 1 is 1.09 bits per heavy atom. The lowest BCUT2D eigenvalue weighted by Gasteiger charge is -2.34. The Bertz CT molecular complexity index is 926. The van der Waals surface area contributed by atoms with Gasteiger partial charge in [-0.25, -0.2) is 15.0 Å². The molecule has 2 aliphatic rings. The minimum Gasteiger partial charge on any atom is -0.369 e. The van der Waals surface area contributed by atoms with Crippen molar-refractivity contribution in [3.8, 4) is 0 Å². The average Bonchev–Trinajstić information content (AvgIpc) is 2.84. The molecule has 4 rings (SSSR count). The maximum atomic E-state index is 12.8. The van der Waals surface area contributed by atoms with E-state index in [0.29, 0.717) is 5.65 Å². The molecule has 2 aliphatic heterocycles. The summed E-state index contributed by atoms with van der Waals surface area (Å²) in [4.78, 5) is 34.0. The van der Waals surface area contributed by atoms with Crippen LogP contribution in [0.15, 0.2) is 12.3 Å². The number of likely N-dealkylation sites (N-methyl/N-ethyl adjacent to an activating group) is 1. The molecule has 0 unspecified atom stereocenters. The molecule has 1 atom stereocenters. The van der Waals surface area contributed by atoms with Crippen LogP contribution in [0.5, 0.6) is 0 Å². The van der Waals surface area contributed by atoms with E-state index in [1.807, 2.05) is 6.20 Å². The van der Waals surface area contributed by atoms with Crippen molar-refractivity contribution in [1.29, 1.82) is 0 Å². The molecule has 2 saturated heterocycles. The molecule has 0 bridgehead atoms. The van der Waals surface area contributed by atoms with E-state index in [1.165, 1.54) is 0 Å². The van der Waals surface area contributed by atoms with Gasteiger partial charge in [-0.2, -0.15) is 0 Å². The number of hydrogen-bond acceptors (Lipinski definition) is 7. The molecule has 8 nitrogen and oxygen atoms in total. The summed E-state index contributed by atoms with van der Waals surface area (Å²) in [5.74, 6) is 0.199. The van der Waals surface area contributed by atoms with Gasteiger partial charge in [-0.1, -0.05) is 13.8 Å². The zero-order valence-corrected chi connectivity index (χ0v) is 19.8. The fourth-order valence-corrected chi connectivity index (χ4v) is 4.72. The summed E-state index contributed by atoms with van der Waals surface area (Å²) in [7, 11) is 2.16. The number of hydrogen-bond donors (Lipinski definition) is 1. The quantitative estimate of drug-likeness (QED) is 0.704. The Morgan fingerprint density at radius 2 is 1.84 bits per heavy atom. The highest BCUT2D eigenvalue weighted by molar-refractivity contribution is 5.80. The van der Waals surface area contributed by atoms with E-state index >= 15 is 0 Å². The molecule has 0 spiro atoms. The fourth-order valence-electron chi connectivity index (χ4n) is 4.72. The second-order valence-corrected chi connectivity index (χ2v) is 9.08. The van der Waals surface area contributed by atoms with Crippen LogP contribution in [0, 0.1) is 5.92 Å². The first-order chi connectivity index (χ1) is 15.6. The number of pyridine rings is 1. The van der Waals surface area contributed by atoms with Gasteiger partial charge in [-0.05, 0) is 38.8 Å². The van der Waals surface area contributed by atoms with Gasteiger partial charge >= 0.3 is 0 Å². The maximum Gasteiger partial charge on any atom is 0.224 e. The molecule has 2 fully saturated rings. The fraction of sp³-hybridized carbons (Fsp3) is 0.667. The van der Waals surface area contributed by atoms with Crippen LogP contribution in [0.1, 0.15) is 38.1 Å². The van der Waals surface area contributed by atoms with Crippen LogP contribution in [0.4, 0.5) is 5.69 Å². The molecule has 1 N–H and O–H groups in total. The second-order valence-electron chi connectivity index (χ2n) is 9.08. The third kappa shape index (κ3) is 5.35. The van der Waals surface area contributed by atoms with E-state index in [2.05, 4.69) is 52.0 Å². The zero-order chi connectivity index (χ0) is 22.5. The number of piperidine rings is 1. The molecule has 2 aromatic heterocycles. The van der Waals surface area contributed by atoms with E-state index in [0.717, 1.165) is 101 Å². The Balaban J connectivity index is 1.35. The van der Waals surface area contributed by atoms with Crippen molar-refractivity contribution in [3.05, 3.63) is 23.7 Å². The molecule has 0 saturated carbocycles. The predicted octanol–water partition coefficient (Wildman–Crippen LogP) is 1.73. The van der Waals surface area contributed by atoms with Gasteiger partial charge in [0.25, 0.3) is 0 Å². The number of anilines is 1. The third-order valence-electron chi connectivity index (χ3n) is 6.81. The minimum atomic E-state index is 0.0201. The number of rotatable bonds is 7. The van der Waals surface area contributed by atoms with Crippen molar-refractivity contribution >= 4 is 22.8 Å². The standard InChI is InChI=1S/C24H37N7O/c1-4-20-21(5-2)28-23-22(27-20)15-19(16-26-23)31-9-6-7-18(17-31)24(32)25-8-10-30-13-11-29(3)12-14-30/h15-16,18H,4-14,17H2,1-3H3,(H,25,32)/t18-/m0/s1. The largest absolute Gasteiger partial charge is 0.369 e. The highest BCUT2D eigenvalue weighted by atomic mass is 16.1. The number of aromatic nitrogens is 3. The molecular weight excluding hydrogens is 402 g/mol. The number of piperazine rings is 1.